The predicted octanol–water partition coefficient (Wildman–Crippen LogP) is 1.93. The number of Topliss-reactive ketones (excluding diaryl/α,β-unsaturated/α-hetero) is 1. The Bertz CT molecular complexity index is 446. The standard InChI is InChI=1S/C13H16FNO3/c1-3-15-13(17)7-5-11(16)10-8-9(14)4-6-12(10)18-2/h4,6,8H,3,5,7H2,1-2H3,(H,15,17). The van der Waals surface area contributed by atoms with Crippen molar-refractivity contribution >= 4 is 11.7 Å². The Morgan fingerprint density at radius 2 is 2.06 bits per heavy atom. The molecule has 0 aliphatic heterocycles. The molecular formula is C13H16FNO3. The Hall–Kier alpha value is -1.91. The second-order valence-electron chi connectivity index (χ2n) is 3.72. The Balaban J connectivity index is 2.71. The molecule has 0 heterocycles. The highest BCUT2D eigenvalue weighted by molar-refractivity contribution is 6.00. The number of nitrogens with one attached hydrogen (secondary N) is 1. The van der Waals surface area contributed by atoms with Gasteiger partial charge in [0, 0.05) is 19.4 Å². The molecule has 1 aromatic rings. The van der Waals surface area contributed by atoms with Crippen LogP contribution >= 0.6 is 0 Å². The SMILES string of the molecule is CCNC(=O)CCC(=O)c1cc(F)ccc1OC. The summed E-state index contributed by atoms with van der Waals surface area (Å²) in [6, 6.07) is 3.74. The van der Waals surface area contributed by atoms with Crippen molar-refractivity contribution in [3.63, 3.8) is 0 Å². The van der Waals surface area contributed by atoms with E-state index in [1.165, 1.54) is 19.2 Å². The molecule has 0 atom stereocenters. The van der Waals surface area contributed by atoms with Crippen molar-refractivity contribution < 1.29 is 18.7 Å². The molecule has 0 fully saturated rings. The van der Waals surface area contributed by atoms with Crippen molar-refractivity contribution in [2.75, 3.05) is 13.7 Å². The third-order valence-electron chi connectivity index (χ3n) is 2.42. The highest BCUT2D eigenvalue weighted by atomic mass is 19.1. The fourth-order valence-electron chi connectivity index (χ4n) is 1.55. The third kappa shape index (κ3) is 3.84. The molecule has 18 heavy (non-hydrogen) atoms. The number of amides is 1. The smallest absolute Gasteiger partial charge is 0.220 e. The van der Waals surface area contributed by atoms with E-state index in [9.17, 15) is 14.0 Å². The summed E-state index contributed by atoms with van der Waals surface area (Å²) in [6.07, 6.45) is 0.123. The lowest BCUT2D eigenvalue weighted by Gasteiger charge is -2.07. The first-order valence-electron chi connectivity index (χ1n) is 5.72. The lowest BCUT2D eigenvalue weighted by atomic mass is 10.1. The molecule has 0 bridgehead atoms. The van der Waals surface area contributed by atoms with Gasteiger partial charge in [0.2, 0.25) is 5.91 Å². The topological polar surface area (TPSA) is 55.4 Å². The number of hydrogen-bond donors (Lipinski definition) is 1. The van der Waals surface area contributed by atoms with Gasteiger partial charge in [0.1, 0.15) is 11.6 Å². The van der Waals surface area contributed by atoms with Crippen LogP contribution in [0.4, 0.5) is 4.39 Å². The lowest BCUT2D eigenvalue weighted by molar-refractivity contribution is -0.120. The minimum Gasteiger partial charge on any atom is -0.496 e. The van der Waals surface area contributed by atoms with Gasteiger partial charge in [-0.3, -0.25) is 9.59 Å². The van der Waals surface area contributed by atoms with Crippen LogP contribution in [0.15, 0.2) is 18.2 Å². The minimum absolute atomic E-state index is 0.0334. The molecule has 0 aliphatic rings. The fourth-order valence-corrected chi connectivity index (χ4v) is 1.55. The van der Waals surface area contributed by atoms with Crippen molar-refractivity contribution in [1.29, 1.82) is 0 Å². The average molecular weight is 253 g/mol. The van der Waals surface area contributed by atoms with Gasteiger partial charge in [-0.15, -0.1) is 0 Å². The van der Waals surface area contributed by atoms with Gasteiger partial charge in [0.25, 0.3) is 0 Å². The maximum Gasteiger partial charge on any atom is 0.220 e. The maximum absolute atomic E-state index is 13.1. The Kier molecular flexibility index (Phi) is 5.30. The molecule has 0 unspecified atom stereocenters. The first-order valence-corrected chi connectivity index (χ1v) is 5.72. The van der Waals surface area contributed by atoms with Crippen molar-refractivity contribution in [1.82, 2.24) is 5.32 Å². The zero-order chi connectivity index (χ0) is 13.5. The van der Waals surface area contributed by atoms with Crippen LogP contribution in [0.5, 0.6) is 5.75 Å². The molecule has 1 aromatic carbocycles. The monoisotopic (exact) mass is 253 g/mol. The first-order chi connectivity index (χ1) is 8.58. The second kappa shape index (κ2) is 6.74. The van der Waals surface area contributed by atoms with Crippen LogP contribution in [0.2, 0.25) is 0 Å². The van der Waals surface area contributed by atoms with E-state index in [2.05, 4.69) is 5.32 Å². The van der Waals surface area contributed by atoms with E-state index in [1.807, 2.05) is 0 Å². The summed E-state index contributed by atoms with van der Waals surface area (Å²) in [5, 5.41) is 2.60. The number of ketones is 1. The van der Waals surface area contributed by atoms with Gasteiger partial charge in [0.15, 0.2) is 5.78 Å². The minimum atomic E-state index is -0.503. The molecule has 1 N–H and O–H groups in total. The van der Waals surface area contributed by atoms with Crippen molar-refractivity contribution in [2.45, 2.75) is 19.8 Å². The number of ether oxygens (including phenoxy) is 1. The van der Waals surface area contributed by atoms with Crippen LogP contribution in [-0.2, 0) is 4.79 Å². The number of carbonyl (C=O) groups excluding carboxylic acids is 2. The summed E-state index contributed by atoms with van der Waals surface area (Å²) in [5.74, 6) is -0.687. The molecule has 4 nitrogen and oxygen atoms in total. The fraction of sp³-hybridized carbons (Fsp3) is 0.385. The van der Waals surface area contributed by atoms with Crippen LogP contribution in [0.1, 0.15) is 30.1 Å². The molecule has 0 spiro atoms. The number of rotatable bonds is 6. The molecular weight excluding hydrogens is 237 g/mol. The van der Waals surface area contributed by atoms with Crippen LogP contribution < -0.4 is 10.1 Å². The average Bonchev–Trinajstić information content (AvgIpc) is 2.36. The van der Waals surface area contributed by atoms with Crippen LogP contribution in [0.25, 0.3) is 0 Å². The van der Waals surface area contributed by atoms with E-state index in [0.29, 0.717) is 12.3 Å². The molecule has 1 amide bonds. The summed E-state index contributed by atoms with van der Waals surface area (Å²) in [6.45, 7) is 2.33. The van der Waals surface area contributed by atoms with Crippen molar-refractivity contribution in [2.24, 2.45) is 0 Å². The number of methoxy groups -OCH3 is 1. The number of halogens is 1. The summed E-state index contributed by atoms with van der Waals surface area (Å²) in [4.78, 5) is 23.1. The molecule has 0 radical (unpaired) electrons. The quantitative estimate of drug-likeness (QED) is 0.788. The lowest BCUT2D eigenvalue weighted by Crippen LogP contribution is -2.23. The Morgan fingerprint density at radius 3 is 2.67 bits per heavy atom. The Labute approximate surface area is 105 Å². The molecule has 0 saturated carbocycles. The van der Waals surface area contributed by atoms with Gasteiger partial charge in [0.05, 0.1) is 12.7 Å². The van der Waals surface area contributed by atoms with Crippen molar-refractivity contribution in [3.05, 3.63) is 29.6 Å². The van der Waals surface area contributed by atoms with Gasteiger partial charge in [-0.05, 0) is 25.1 Å². The summed E-state index contributed by atoms with van der Waals surface area (Å²) < 4.78 is 18.1. The first kappa shape index (κ1) is 14.2. The third-order valence-corrected chi connectivity index (χ3v) is 2.42. The van der Waals surface area contributed by atoms with E-state index >= 15 is 0 Å². The highest BCUT2D eigenvalue weighted by Crippen LogP contribution is 2.21. The Morgan fingerprint density at radius 1 is 1.33 bits per heavy atom. The molecule has 5 heteroatoms. The van der Waals surface area contributed by atoms with E-state index in [-0.39, 0.29) is 30.1 Å². The van der Waals surface area contributed by atoms with Gasteiger partial charge in [-0.25, -0.2) is 4.39 Å². The van der Waals surface area contributed by atoms with E-state index in [1.54, 1.807) is 6.92 Å². The van der Waals surface area contributed by atoms with E-state index in [4.69, 9.17) is 4.74 Å². The van der Waals surface area contributed by atoms with Gasteiger partial charge >= 0.3 is 0 Å². The van der Waals surface area contributed by atoms with Gasteiger partial charge in [-0.1, -0.05) is 0 Å². The zero-order valence-corrected chi connectivity index (χ0v) is 10.5. The molecule has 98 valence electrons. The molecule has 0 aliphatic carbocycles. The normalized spacial score (nSPS) is 9.94. The molecule has 1 rings (SSSR count). The van der Waals surface area contributed by atoms with E-state index < -0.39 is 5.82 Å². The van der Waals surface area contributed by atoms with Crippen LogP contribution in [0.3, 0.4) is 0 Å². The maximum atomic E-state index is 13.1. The van der Waals surface area contributed by atoms with Crippen LogP contribution in [0, 0.1) is 5.82 Å². The molecule has 0 aromatic heterocycles. The largest absolute Gasteiger partial charge is 0.496 e. The summed E-state index contributed by atoms with van der Waals surface area (Å²) in [7, 11) is 1.41. The number of benzene rings is 1. The van der Waals surface area contributed by atoms with Gasteiger partial charge < -0.3 is 10.1 Å². The predicted molar refractivity (Wildman–Crippen MR) is 65.2 cm³/mol. The number of carbonyl (C=O) groups is 2. The summed E-state index contributed by atoms with van der Waals surface area (Å²) >= 11 is 0. The zero-order valence-electron chi connectivity index (χ0n) is 10.5. The van der Waals surface area contributed by atoms with E-state index in [0.717, 1.165) is 6.07 Å². The van der Waals surface area contributed by atoms with Crippen molar-refractivity contribution in [3.8, 4) is 5.75 Å². The van der Waals surface area contributed by atoms with Crippen LogP contribution in [-0.4, -0.2) is 25.3 Å². The van der Waals surface area contributed by atoms with Gasteiger partial charge in [-0.2, -0.15) is 0 Å². The number of hydrogen-bond acceptors (Lipinski definition) is 3. The summed E-state index contributed by atoms with van der Waals surface area (Å²) in [5.41, 5.74) is 0.168. The molecule has 0 saturated heterocycles. The highest BCUT2D eigenvalue weighted by Gasteiger charge is 2.14. The second-order valence-corrected chi connectivity index (χ2v) is 3.72.